The maximum atomic E-state index is 12.5. The average Bonchev–Trinajstić information content (AvgIpc) is 3.18. The van der Waals surface area contributed by atoms with Crippen LogP contribution in [0.2, 0.25) is 0 Å². The van der Waals surface area contributed by atoms with E-state index in [0.717, 1.165) is 18.6 Å². The van der Waals surface area contributed by atoms with Gasteiger partial charge in [0.25, 0.3) is 11.5 Å². The number of carbonyl (C=O) groups excluding carboxylic acids is 1. The number of aromatic amines is 1. The number of primary amides is 1. The number of carbonyl (C=O) groups is 1. The molecule has 0 saturated carbocycles. The van der Waals surface area contributed by atoms with Crippen LogP contribution in [0.3, 0.4) is 0 Å². The topological polar surface area (TPSA) is 116 Å². The van der Waals surface area contributed by atoms with Crippen LogP contribution in [0.15, 0.2) is 51.3 Å². The third-order valence-corrected chi connectivity index (χ3v) is 4.80. The van der Waals surface area contributed by atoms with Crippen LogP contribution in [-0.4, -0.2) is 25.2 Å². The SMILES string of the molecule is CCCn1c(=O)[nH]c(S)c(C)c1=O.NC(=O)c1cnn(Cc2cccc(C(F)(F)F)c2)c1. The Balaban J connectivity index is 0.000000244. The van der Waals surface area contributed by atoms with Crippen molar-refractivity contribution < 1.29 is 18.0 Å². The summed E-state index contributed by atoms with van der Waals surface area (Å²) >= 11 is 3.98. The summed E-state index contributed by atoms with van der Waals surface area (Å²) in [5, 5.41) is 4.21. The molecule has 3 aromatic rings. The highest BCUT2D eigenvalue weighted by Crippen LogP contribution is 2.29. The van der Waals surface area contributed by atoms with Crippen molar-refractivity contribution in [3.63, 3.8) is 0 Å². The first-order valence-electron chi connectivity index (χ1n) is 9.45. The lowest BCUT2D eigenvalue weighted by Gasteiger charge is -2.08. The van der Waals surface area contributed by atoms with Crippen LogP contribution in [0.1, 0.15) is 40.4 Å². The van der Waals surface area contributed by atoms with E-state index in [4.69, 9.17) is 5.73 Å². The molecule has 0 radical (unpaired) electrons. The third kappa shape index (κ3) is 6.36. The number of aromatic nitrogens is 4. The van der Waals surface area contributed by atoms with Crippen molar-refractivity contribution in [2.75, 3.05) is 0 Å². The molecule has 172 valence electrons. The molecule has 1 amide bonds. The van der Waals surface area contributed by atoms with Crippen molar-refractivity contribution >= 4 is 18.5 Å². The lowest BCUT2D eigenvalue weighted by atomic mass is 10.1. The molecule has 0 fully saturated rings. The summed E-state index contributed by atoms with van der Waals surface area (Å²) in [6.45, 7) is 4.14. The molecule has 12 heteroatoms. The number of hydrogen-bond donors (Lipinski definition) is 3. The van der Waals surface area contributed by atoms with Crippen LogP contribution < -0.4 is 17.0 Å². The van der Waals surface area contributed by atoms with Gasteiger partial charge in [-0.05, 0) is 31.0 Å². The van der Waals surface area contributed by atoms with Crippen molar-refractivity contribution in [1.82, 2.24) is 19.3 Å². The highest BCUT2D eigenvalue weighted by atomic mass is 32.1. The van der Waals surface area contributed by atoms with Gasteiger partial charge in [0, 0.05) is 18.3 Å². The second-order valence-corrected chi connectivity index (χ2v) is 7.30. The van der Waals surface area contributed by atoms with Crippen LogP contribution in [0.5, 0.6) is 0 Å². The van der Waals surface area contributed by atoms with E-state index in [1.807, 2.05) is 6.92 Å². The predicted molar refractivity (Wildman–Crippen MR) is 115 cm³/mol. The lowest BCUT2D eigenvalue weighted by Crippen LogP contribution is -2.36. The van der Waals surface area contributed by atoms with E-state index >= 15 is 0 Å². The number of rotatable bonds is 5. The number of nitrogens with zero attached hydrogens (tertiary/aromatic N) is 3. The highest BCUT2D eigenvalue weighted by molar-refractivity contribution is 7.80. The van der Waals surface area contributed by atoms with Gasteiger partial charge in [0.2, 0.25) is 0 Å². The van der Waals surface area contributed by atoms with Gasteiger partial charge in [-0.1, -0.05) is 19.1 Å². The van der Waals surface area contributed by atoms with E-state index < -0.39 is 17.6 Å². The number of thiol groups is 1. The van der Waals surface area contributed by atoms with Crippen LogP contribution in [0.25, 0.3) is 0 Å². The molecular formula is C20H22F3N5O3S. The predicted octanol–water partition coefficient (Wildman–Crippen LogP) is 2.59. The van der Waals surface area contributed by atoms with E-state index in [2.05, 4.69) is 22.7 Å². The lowest BCUT2D eigenvalue weighted by molar-refractivity contribution is -0.137. The molecule has 0 spiro atoms. The molecule has 0 aliphatic heterocycles. The van der Waals surface area contributed by atoms with Crippen LogP contribution in [0, 0.1) is 6.92 Å². The fourth-order valence-electron chi connectivity index (χ4n) is 2.70. The fourth-order valence-corrected chi connectivity index (χ4v) is 2.89. The van der Waals surface area contributed by atoms with Crippen LogP contribution in [0.4, 0.5) is 13.2 Å². The first-order chi connectivity index (χ1) is 14.9. The molecule has 2 aromatic heterocycles. The summed E-state index contributed by atoms with van der Waals surface area (Å²) in [7, 11) is 0. The Labute approximate surface area is 186 Å². The summed E-state index contributed by atoms with van der Waals surface area (Å²) in [4.78, 5) is 36.1. The van der Waals surface area contributed by atoms with Gasteiger partial charge in [0.1, 0.15) is 0 Å². The van der Waals surface area contributed by atoms with E-state index in [1.165, 1.54) is 27.7 Å². The monoisotopic (exact) mass is 469 g/mol. The van der Waals surface area contributed by atoms with Gasteiger partial charge >= 0.3 is 11.9 Å². The first-order valence-corrected chi connectivity index (χ1v) is 9.89. The maximum Gasteiger partial charge on any atom is 0.416 e. The zero-order valence-electron chi connectivity index (χ0n) is 17.3. The molecule has 1 aromatic carbocycles. The summed E-state index contributed by atoms with van der Waals surface area (Å²) in [6.07, 6.45) is -0.953. The van der Waals surface area contributed by atoms with Gasteiger partial charge in [0.05, 0.1) is 28.9 Å². The molecule has 32 heavy (non-hydrogen) atoms. The molecule has 0 aliphatic carbocycles. The van der Waals surface area contributed by atoms with Gasteiger partial charge in [-0.3, -0.25) is 18.8 Å². The van der Waals surface area contributed by atoms with Gasteiger partial charge in [-0.15, -0.1) is 12.6 Å². The Hall–Kier alpha value is -3.28. The smallest absolute Gasteiger partial charge is 0.366 e. The van der Waals surface area contributed by atoms with E-state index in [9.17, 15) is 27.6 Å². The number of hydrogen-bond acceptors (Lipinski definition) is 5. The summed E-state index contributed by atoms with van der Waals surface area (Å²) in [5.74, 6) is -0.629. The number of H-pyrrole nitrogens is 1. The summed E-state index contributed by atoms with van der Waals surface area (Å²) in [5.41, 5.74) is 4.84. The average molecular weight is 469 g/mol. The minimum absolute atomic E-state index is 0.136. The van der Waals surface area contributed by atoms with Crippen LogP contribution >= 0.6 is 12.6 Å². The number of halogens is 3. The quantitative estimate of drug-likeness (QED) is 0.393. The Morgan fingerprint density at radius 2 is 1.97 bits per heavy atom. The summed E-state index contributed by atoms with van der Waals surface area (Å²) < 4.78 is 40.1. The third-order valence-electron chi connectivity index (χ3n) is 4.36. The minimum Gasteiger partial charge on any atom is -0.366 e. The largest absolute Gasteiger partial charge is 0.416 e. The number of nitrogens with one attached hydrogen (secondary N) is 1. The van der Waals surface area contributed by atoms with Crippen molar-refractivity contribution in [2.45, 2.75) is 44.6 Å². The van der Waals surface area contributed by atoms with Gasteiger partial charge in [0.15, 0.2) is 0 Å². The number of alkyl halides is 3. The molecule has 0 aliphatic rings. The normalized spacial score (nSPS) is 11.1. The fraction of sp³-hybridized carbons (Fsp3) is 0.300. The number of nitrogens with two attached hydrogens (primary N) is 1. The molecule has 0 unspecified atom stereocenters. The molecule has 0 bridgehead atoms. The Morgan fingerprint density at radius 3 is 2.53 bits per heavy atom. The zero-order valence-corrected chi connectivity index (χ0v) is 18.2. The minimum atomic E-state index is -4.38. The first kappa shape index (κ1) is 25.0. The Morgan fingerprint density at radius 1 is 1.28 bits per heavy atom. The molecule has 0 saturated heterocycles. The molecule has 3 rings (SSSR count). The molecular weight excluding hydrogens is 447 g/mol. The second-order valence-electron chi connectivity index (χ2n) is 6.85. The van der Waals surface area contributed by atoms with Gasteiger partial charge in [-0.25, -0.2) is 4.79 Å². The molecule has 8 nitrogen and oxygen atoms in total. The van der Waals surface area contributed by atoms with E-state index in [1.54, 1.807) is 13.0 Å². The molecule has 0 atom stereocenters. The second kappa shape index (κ2) is 10.4. The van der Waals surface area contributed by atoms with Crippen molar-refractivity contribution in [2.24, 2.45) is 5.73 Å². The number of amides is 1. The Kier molecular flexibility index (Phi) is 8.08. The van der Waals surface area contributed by atoms with Gasteiger partial charge < -0.3 is 10.7 Å². The highest BCUT2D eigenvalue weighted by Gasteiger charge is 2.30. The van der Waals surface area contributed by atoms with Crippen LogP contribution in [-0.2, 0) is 19.3 Å². The molecule has 3 N–H and O–H groups in total. The van der Waals surface area contributed by atoms with Gasteiger partial charge in [-0.2, -0.15) is 18.3 Å². The van der Waals surface area contributed by atoms with Crippen molar-refractivity contribution in [1.29, 1.82) is 0 Å². The van der Waals surface area contributed by atoms with E-state index in [0.29, 0.717) is 22.7 Å². The summed E-state index contributed by atoms with van der Waals surface area (Å²) in [6, 6.07) is 4.94. The Bertz CT molecular complexity index is 1210. The van der Waals surface area contributed by atoms with Crippen molar-refractivity contribution in [3.05, 3.63) is 79.8 Å². The van der Waals surface area contributed by atoms with E-state index in [-0.39, 0.29) is 23.4 Å². The number of benzene rings is 1. The van der Waals surface area contributed by atoms with Crippen molar-refractivity contribution in [3.8, 4) is 0 Å². The zero-order chi connectivity index (χ0) is 24.1. The maximum absolute atomic E-state index is 12.5. The standard InChI is InChI=1S/C12H10F3N3O.C8H12N2O2S/c13-12(14,15)10-3-1-2-8(4-10)6-18-7-9(5-17-18)11(16)19;1-3-4-10-7(11)5(2)6(13)9-8(10)12/h1-5,7H,6H2,(H2,16,19);13H,3-4H2,1-2H3,(H,9,12). The molecule has 2 heterocycles.